The van der Waals surface area contributed by atoms with E-state index in [1.807, 2.05) is 0 Å². The molecule has 0 aliphatic carbocycles. The number of carbonyl (C=O) groups is 1. The van der Waals surface area contributed by atoms with Crippen molar-refractivity contribution in [1.82, 2.24) is 0 Å². The molecule has 0 unspecified atom stereocenters. The maximum atomic E-state index is 10.3. The molecule has 0 spiro atoms. The van der Waals surface area contributed by atoms with E-state index in [0.29, 0.717) is 6.42 Å². The number of oxime groups is 1. The number of nitrogens with zero attached hydrogens (tertiary/aromatic N) is 1. The number of hydrogen-bond acceptors (Lipinski definition) is 4. The van der Waals surface area contributed by atoms with Crippen LogP contribution in [0.3, 0.4) is 0 Å². The first-order chi connectivity index (χ1) is 4.26. The third kappa shape index (κ3) is 4.11. The molecular formula is C4H7ClNNaO3. The van der Waals surface area contributed by atoms with Crippen molar-refractivity contribution in [3.8, 4) is 0 Å². The quantitative estimate of drug-likeness (QED) is 0.230. The van der Waals surface area contributed by atoms with Gasteiger partial charge in [-0.2, -0.15) is 0 Å². The standard InChI is InChI=1S/C4H6ClNO3.Na.H/c1-2-3(6-8)4(7)9-5;;/h8H,2H2,1H3;;/q;+1;-1. The van der Waals surface area contributed by atoms with Crippen molar-refractivity contribution >= 4 is 23.5 Å². The molecule has 0 aromatic rings. The van der Waals surface area contributed by atoms with E-state index < -0.39 is 5.97 Å². The third-order valence-corrected chi connectivity index (χ3v) is 0.901. The average Bonchev–Trinajstić information content (AvgIpc) is 1.90. The topological polar surface area (TPSA) is 58.9 Å². The molecule has 1 N–H and O–H groups in total. The molecule has 0 saturated carbocycles. The van der Waals surface area contributed by atoms with Crippen LogP contribution in [0, 0.1) is 0 Å². The average molecular weight is 176 g/mol. The molecule has 0 aromatic carbocycles. The van der Waals surface area contributed by atoms with Crippen LogP contribution >= 0.6 is 11.9 Å². The number of hydrogen-bond donors (Lipinski definition) is 1. The SMILES string of the molecule is CCC(=NO)C(=O)OCl.[H-].[Na+]. The first-order valence-corrected chi connectivity index (χ1v) is 2.61. The predicted octanol–water partition coefficient (Wildman–Crippen LogP) is -1.96. The fourth-order valence-electron chi connectivity index (χ4n) is 0.300. The Morgan fingerprint density at radius 2 is 2.40 bits per heavy atom. The van der Waals surface area contributed by atoms with E-state index in [0.717, 1.165) is 0 Å². The largest absolute Gasteiger partial charge is 1.00 e. The minimum Gasteiger partial charge on any atom is -1.00 e. The Balaban J connectivity index is -0.000000320. The normalized spacial score (nSPS) is 10.0. The van der Waals surface area contributed by atoms with Gasteiger partial charge >= 0.3 is 35.5 Å². The van der Waals surface area contributed by atoms with Gasteiger partial charge in [-0.3, -0.25) is 0 Å². The maximum Gasteiger partial charge on any atom is 1.00 e. The Bertz CT molecular complexity index is 143. The van der Waals surface area contributed by atoms with Crippen molar-refractivity contribution in [3.05, 3.63) is 0 Å². The van der Waals surface area contributed by atoms with E-state index in [4.69, 9.17) is 5.21 Å². The summed E-state index contributed by atoms with van der Waals surface area (Å²) in [6.07, 6.45) is 0.294. The van der Waals surface area contributed by atoms with Crippen LogP contribution in [0.15, 0.2) is 5.16 Å². The van der Waals surface area contributed by atoms with Gasteiger partial charge in [0.25, 0.3) is 0 Å². The molecule has 0 heterocycles. The van der Waals surface area contributed by atoms with E-state index in [1.165, 1.54) is 0 Å². The fourth-order valence-corrected chi connectivity index (χ4v) is 0.389. The number of rotatable bonds is 2. The van der Waals surface area contributed by atoms with Gasteiger partial charge in [0.1, 0.15) is 11.9 Å². The zero-order valence-electron chi connectivity index (χ0n) is 6.80. The van der Waals surface area contributed by atoms with Gasteiger partial charge in [-0.05, 0) is 6.42 Å². The monoisotopic (exact) mass is 175 g/mol. The van der Waals surface area contributed by atoms with Gasteiger partial charge in [-0.25, -0.2) is 4.79 Å². The van der Waals surface area contributed by atoms with Crippen LogP contribution in [0.4, 0.5) is 0 Å². The van der Waals surface area contributed by atoms with Crippen molar-refractivity contribution < 1.29 is 45.3 Å². The summed E-state index contributed by atoms with van der Waals surface area (Å²) in [5.41, 5.74) is -0.0926. The molecule has 0 fully saturated rings. The molecule has 0 bridgehead atoms. The van der Waals surface area contributed by atoms with Gasteiger partial charge in [-0.15, -0.1) is 0 Å². The second-order valence-electron chi connectivity index (χ2n) is 1.26. The van der Waals surface area contributed by atoms with Crippen molar-refractivity contribution in [2.24, 2.45) is 5.16 Å². The molecule has 0 saturated heterocycles. The van der Waals surface area contributed by atoms with Gasteiger partial charge in [0.2, 0.25) is 0 Å². The summed E-state index contributed by atoms with van der Waals surface area (Å²) < 4.78 is 3.74. The van der Waals surface area contributed by atoms with Crippen molar-refractivity contribution in [1.29, 1.82) is 0 Å². The minimum atomic E-state index is -0.818. The van der Waals surface area contributed by atoms with Crippen LogP contribution in [0.5, 0.6) is 0 Å². The first kappa shape index (κ1) is 12.9. The van der Waals surface area contributed by atoms with Crippen molar-refractivity contribution in [3.63, 3.8) is 0 Å². The molecule has 0 aliphatic heterocycles. The summed E-state index contributed by atoms with van der Waals surface area (Å²) in [6, 6.07) is 0. The van der Waals surface area contributed by atoms with Crippen LogP contribution in [0.25, 0.3) is 0 Å². The summed E-state index contributed by atoms with van der Waals surface area (Å²) in [7, 11) is 0. The van der Waals surface area contributed by atoms with Crippen LogP contribution < -0.4 is 29.6 Å². The predicted molar refractivity (Wildman–Crippen MR) is 32.6 cm³/mol. The second kappa shape index (κ2) is 7.34. The molecule has 54 valence electrons. The molecule has 0 rings (SSSR count). The Kier molecular flexibility index (Phi) is 9.44. The van der Waals surface area contributed by atoms with E-state index in [9.17, 15) is 4.79 Å². The van der Waals surface area contributed by atoms with Crippen LogP contribution in [0.2, 0.25) is 0 Å². The summed E-state index contributed by atoms with van der Waals surface area (Å²) in [5, 5.41) is 10.7. The van der Waals surface area contributed by atoms with Gasteiger partial charge in [0.05, 0.1) is 0 Å². The fraction of sp³-hybridized carbons (Fsp3) is 0.500. The van der Waals surface area contributed by atoms with Gasteiger partial charge < -0.3 is 10.9 Å². The third-order valence-electron chi connectivity index (χ3n) is 0.761. The number of halogens is 1. The molecular weight excluding hydrogens is 168 g/mol. The number of carbonyl (C=O) groups excluding carboxylic acids is 1. The van der Waals surface area contributed by atoms with Gasteiger partial charge in [0, 0.05) is 0 Å². The molecule has 10 heavy (non-hydrogen) atoms. The maximum absolute atomic E-state index is 10.3. The van der Waals surface area contributed by atoms with Crippen molar-refractivity contribution in [2.45, 2.75) is 13.3 Å². The molecule has 0 amide bonds. The summed E-state index contributed by atoms with van der Waals surface area (Å²) >= 11 is 4.66. The van der Waals surface area contributed by atoms with Crippen molar-refractivity contribution in [2.75, 3.05) is 0 Å². The van der Waals surface area contributed by atoms with E-state index in [2.05, 4.69) is 21.3 Å². The van der Waals surface area contributed by atoms with E-state index >= 15 is 0 Å². The molecule has 0 radical (unpaired) electrons. The molecule has 6 heteroatoms. The molecule has 0 aromatic heterocycles. The van der Waals surface area contributed by atoms with Crippen LogP contribution in [0.1, 0.15) is 14.8 Å². The van der Waals surface area contributed by atoms with Crippen LogP contribution in [-0.2, 0) is 9.08 Å². The zero-order valence-corrected chi connectivity index (χ0v) is 8.55. The Morgan fingerprint density at radius 1 is 1.90 bits per heavy atom. The minimum absolute atomic E-state index is 0. The van der Waals surface area contributed by atoms with Crippen LogP contribution in [-0.4, -0.2) is 16.9 Å². The second-order valence-corrected chi connectivity index (χ2v) is 1.42. The summed E-state index contributed by atoms with van der Waals surface area (Å²) in [5.74, 6) is -0.818. The van der Waals surface area contributed by atoms with E-state index in [1.54, 1.807) is 6.92 Å². The van der Waals surface area contributed by atoms with E-state index in [-0.39, 0.29) is 36.7 Å². The first-order valence-electron chi connectivity index (χ1n) is 2.30. The Hall–Kier alpha value is 0.230. The summed E-state index contributed by atoms with van der Waals surface area (Å²) in [6.45, 7) is 1.64. The summed E-state index contributed by atoms with van der Waals surface area (Å²) in [4.78, 5) is 10.3. The Labute approximate surface area is 87.1 Å². The molecule has 0 atom stereocenters. The zero-order chi connectivity index (χ0) is 7.28. The molecule has 0 aliphatic rings. The van der Waals surface area contributed by atoms with Gasteiger partial charge in [-0.1, -0.05) is 12.1 Å². The smallest absolute Gasteiger partial charge is 1.00 e. The Morgan fingerprint density at radius 3 is 2.50 bits per heavy atom. The molecule has 4 nitrogen and oxygen atoms in total. The van der Waals surface area contributed by atoms with Gasteiger partial charge in [0.15, 0.2) is 5.71 Å².